The van der Waals surface area contributed by atoms with Gasteiger partial charge in [-0.05, 0) is 59.7 Å². The van der Waals surface area contributed by atoms with Gasteiger partial charge in [0.05, 0.1) is 16.1 Å². The molecule has 4 aromatic heterocycles. The molecule has 12 rings (SSSR count). The predicted molar refractivity (Wildman–Crippen MR) is 227 cm³/mol. The highest BCUT2D eigenvalue weighted by Gasteiger charge is 2.28. The maximum absolute atomic E-state index is 6.99. The molecule has 4 heterocycles. The number of fused-ring (bicyclic) bond motifs is 14. The number of anilines is 3. The molecule has 0 saturated carbocycles. The zero-order valence-corrected chi connectivity index (χ0v) is 29.8. The third-order valence-corrected chi connectivity index (χ3v) is 13.0. The molecule has 0 fully saturated rings. The number of hydrogen-bond acceptors (Lipinski definition) is 5. The molecule has 53 heavy (non-hydrogen) atoms. The number of thiophene rings is 2. The van der Waals surface area contributed by atoms with Crippen LogP contribution in [-0.2, 0) is 0 Å². The van der Waals surface area contributed by atoms with Crippen molar-refractivity contribution in [2.24, 2.45) is 0 Å². The molecule has 0 aliphatic rings. The van der Waals surface area contributed by atoms with Crippen LogP contribution >= 0.6 is 22.7 Å². The first-order valence-corrected chi connectivity index (χ1v) is 19.4. The Balaban J connectivity index is 1.28. The van der Waals surface area contributed by atoms with E-state index in [-0.39, 0.29) is 0 Å². The molecular formula is C48H27NO2S2. The summed E-state index contributed by atoms with van der Waals surface area (Å²) >= 11 is 3.66. The molecule has 0 bridgehead atoms. The van der Waals surface area contributed by atoms with E-state index in [1.54, 1.807) is 0 Å². The fraction of sp³-hybridized carbons (Fsp3) is 0. The predicted octanol–water partition coefficient (Wildman–Crippen LogP) is 15.4. The minimum absolute atomic E-state index is 0.877. The summed E-state index contributed by atoms with van der Waals surface area (Å²) in [6.45, 7) is 0. The number of benzene rings is 8. The Bertz CT molecular complexity index is 3230. The van der Waals surface area contributed by atoms with E-state index in [4.69, 9.17) is 8.83 Å². The zero-order chi connectivity index (χ0) is 34.6. The normalized spacial score (nSPS) is 12.2. The summed E-state index contributed by atoms with van der Waals surface area (Å²) in [5.74, 6) is 0. The van der Waals surface area contributed by atoms with E-state index in [1.807, 2.05) is 22.7 Å². The average molecular weight is 714 g/mol. The van der Waals surface area contributed by atoms with Crippen molar-refractivity contribution in [2.75, 3.05) is 4.90 Å². The first-order valence-electron chi connectivity index (χ1n) is 17.7. The molecule has 0 amide bonds. The second-order valence-electron chi connectivity index (χ2n) is 13.6. The molecule has 0 aliphatic heterocycles. The Morgan fingerprint density at radius 1 is 0.377 bits per heavy atom. The summed E-state index contributed by atoms with van der Waals surface area (Å²) in [5.41, 5.74) is 9.04. The summed E-state index contributed by atoms with van der Waals surface area (Å²) in [7, 11) is 0. The van der Waals surface area contributed by atoms with Gasteiger partial charge in [-0.15, -0.1) is 22.7 Å². The third-order valence-electron chi connectivity index (χ3n) is 10.6. The van der Waals surface area contributed by atoms with Gasteiger partial charge >= 0.3 is 0 Å². The van der Waals surface area contributed by atoms with E-state index in [0.29, 0.717) is 0 Å². The Hall–Kier alpha value is -6.40. The number of rotatable bonds is 4. The van der Waals surface area contributed by atoms with Crippen molar-refractivity contribution in [3.8, 4) is 11.1 Å². The fourth-order valence-corrected chi connectivity index (χ4v) is 10.7. The Labute approximate surface area is 311 Å². The van der Waals surface area contributed by atoms with Gasteiger partial charge in [0.25, 0.3) is 0 Å². The van der Waals surface area contributed by atoms with Crippen LogP contribution in [0.2, 0.25) is 0 Å². The van der Waals surface area contributed by atoms with Crippen molar-refractivity contribution >= 4 is 124 Å². The molecule has 12 aromatic rings. The van der Waals surface area contributed by atoms with E-state index < -0.39 is 0 Å². The summed E-state index contributed by atoms with van der Waals surface area (Å²) < 4.78 is 18.6. The van der Waals surface area contributed by atoms with Gasteiger partial charge in [0, 0.05) is 62.9 Å². The number of hydrogen-bond donors (Lipinski definition) is 0. The van der Waals surface area contributed by atoms with Crippen LogP contribution < -0.4 is 4.90 Å². The van der Waals surface area contributed by atoms with Gasteiger partial charge in [0.15, 0.2) is 5.58 Å². The van der Waals surface area contributed by atoms with Crippen molar-refractivity contribution in [3.63, 3.8) is 0 Å². The lowest BCUT2D eigenvalue weighted by Crippen LogP contribution is -2.11. The number of para-hydroxylation sites is 2. The molecule has 3 nitrogen and oxygen atoms in total. The third kappa shape index (κ3) is 4.20. The van der Waals surface area contributed by atoms with Gasteiger partial charge < -0.3 is 13.7 Å². The lowest BCUT2D eigenvalue weighted by Gasteiger charge is -2.27. The van der Waals surface area contributed by atoms with E-state index >= 15 is 0 Å². The largest absolute Gasteiger partial charge is 0.455 e. The summed E-state index contributed by atoms with van der Waals surface area (Å²) in [5, 5.41) is 9.30. The van der Waals surface area contributed by atoms with Gasteiger partial charge in [0.2, 0.25) is 0 Å². The first kappa shape index (κ1) is 29.2. The van der Waals surface area contributed by atoms with Crippen LogP contribution in [0.3, 0.4) is 0 Å². The molecular weight excluding hydrogens is 687 g/mol. The van der Waals surface area contributed by atoms with Crippen LogP contribution in [0.5, 0.6) is 0 Å². The molecule has 0 N–H and O–H groups in total. The van der Waals surface area contributed by atoms with Gasteiger partial charge in [-0.2, -0.15) is 0 Å². The van der Waals surface area contributed by atoms with E-state index in [2.05, 4.69) is 169 Å². The molecule has 0 unspecified atom stereocenters. The molecule has 0 aliphatic carbocycles. The first-order chi connectivity index (χ1) is 26.3. The molecule has 8 aromatic carbocycles. The Morgan fingerprint density at radius 3 is 1.79 bits per heavy atom. The molecule has 0 spiro atoms. The second-order valence-corrected chi connectivity index (χ2v) is 15.7. The maximum Gasteiger partial charge on any atom is 0.160 e. The minimum atomic E-state index is 0.877. The van der Waals surface area contributed by atoms with Crippen LogP contribution in [0.4, 0.5) is 17.1 Å². The Kier molecular flexibility index (Phi) is 6.09. The lowest BCUT2D eigenvalue weighted by atomic mass is 10.0. The molecule has 0 radical (unpaired) electrons. The summed E-state index contributed by atoms with van der Waals surface area (Å²) in [4.78, 5) is 2.45. The van der Waals surface area contributed by atoms with Gasteiger partial charge in [-0.3, -0.25) is 0 Å². The van der Waals surface area contributed by atoms with Crippen LogP contribution in [0.1, 0.15) is 0 Å². The molecule has 5 heteroatoms. The van der Waals surface area contributed by atoms with Crippen molar-refractivity contribution in [2.45, 2.75) is 0 Å². The lowest BCUT2D eigenvalue weighted by molar-refractivity contribution is 0.669. The monoisotopic (exact) mass is 713 g/mol. The highest BCUT2D eigenvalue weighted by atomic mass is 32.1. The van der Waals surface area contributed by atoms with E-state index in [0.717, 1.165) is 71.9 Å². The number of nitrogens with zero attached hydrogens (tertiary/aromatic N) is 1. The summed E-state index contributed by atoms with van der Waals surface area (Å²) in [6.07, 6.45) is 0. The smallest absolute Gasteiger partial charge is 0.160 e. The highest BCUT2D eigenvalue weighted by molar-refractivity contribution is 7.27. The van der Waals surface area contributed by atoms with Crippen LogP contribution in [0, 0.1) is 0 Å². The average Bonchev–Trinajstić information content (AvgIpc) is 3.99. The topological polar surface area (TPSA) is 29.5 Å². The van der Waals surface area contributed by atoms with Crippen LogP contribution in [-0.4, -0.2) is 0 Å². The van der Waals surface area contributed by atoms with Crippen molar-refractivity contribution < 1.29 is 8.83 Å². The zero-order valence-electron chi connectivity index (χ0n) is 28.2. The van der Waals surface area contributed by atoms with Crippen molar-refractivity contribution in [1.29, 1.82) is 0 Å². The highest BCUT2D eigenvalue weighted by Crippen LogP contribution is 2.53. The Morgan fingerprint density at radius 2 is 0.962 bits per heavy atom. The standard InChI is InChI=1S/C48H27NO2S2/c1-2-13-28(14-3-1)29-15-12-16-30(25-29)49(37-27-36-32-18-6-10-23-41(32)52-47(36)43-33-19-5-9-22-40(33)51-46(37)43)38-26-35-31-17-4-8-21-39(31)50-45(35)44-34-20-7-11-24-42(34)53-48(38)44/h1-27H. The van der Waals surface area contributed by atoms with E-state index in [9.17, 15) is 0 Å². The second kappa shape index (κ2) is 11.1. The van der Waals surface area contributed by atoms with Crippen molar-refractivity contribution in [1.82, 2.24) is 0 Å². The number of furan rings is 2. The fourth-order valence-electron chi connectivity index (χ4n) is 8.29. The summed E-state index contributed by atoms with van der Waals surface area (Å²) in [6, 6.07) is 58.6. The van der Waals surface area contributed by atoms with Crippen LogP contribution in [0.25, 0.3) is 95.3 Å². The van der Waals surface area contributed by atoms with Gasteiger partial charge in [-0.1, -0.05) is 115 Å². The molecule has 0 saturated heterocycles. The molecule has 248 valence electrons. The van der Waals surface area contributed by atoms with Crippen molar-refractivity contribution in [3.05, 3.63) is 164 Å². The van der Waals surface area contributed by atoms with Gasteiger partial charge in [0.1, 0.15) is 16.7 Å². The quantitative estimate of drug-likeness (QED) is 0.182. The maximum atomic E-state index is 6.99. The minimum Gasteiger partial charge on any atom is -0.455 e. The van der Waals surface area contributed by atoms with Gasteiger partial charge in [-0.25, -0.2) is 0 Å². The SMILES string of the molecule is c1ccc(-c2cccc(N(c3cc4c5ccccc5sc4c4c3oc3ccccc34)c3cc4c5ccccc5oc4c4c3sc3ccccc34)c2)cc1. The van der Waals surface area contributed by atoms with E-state index in [1.165, 1.54) is 40.5 Å². The van der Waals surface area contributed by atoms with Crippen LogP contribution in [0.15, 0.2) is 173 Å². The molecule has 0 atom stereocenters.